The van der Waals surface area contributed by atoms with E-state index in [1.165, 1.54) is 0 Å². The van der Waals surface area contributed by atoms with Gasteiger partial charge in [0.05, 0.1) is 39.7 Å². The van der Waals surface area contributed by atoms with Crippen LogP contribution in [0, 0.1) is 5.92 Å². The Morgan fingerprint density at radius 3 is 2.11 bits per heavy atom. The van der Waals surface area contributed by atoms with E-state index in [1.807, 2.05) is 0 Å². The first kappa shape index (κ1) is 16.9. The number of hydrogen-bond donors (Lipinski definition) is 1. The number of carboxylic acids is 1. The Morgan fingerprint density at radius 1 is 1.17 bits per heavy atom. The van der Waals surface area contributed by atoms with Crippen LogP contribution in [0.25, 0.3) is 0 Å². The lowest BCUT2D eigenvalue weighted by molar-refractivity contribution is -0.870. The zero-order chi connectivity index (χ0) is 14.3. The van der Waals surface area contributed by atoms with Gasteiger partial charge in [-0.3, -0.25) is 4.79 Å². The normalized spacial score (nSPS) is 13.4. The lowest BCUT2D eigenvalue weighted by atomic mass is 10.1. The van der Waals surface area contributed by atoms with Crippen LogP contribution in [0.2, 0.25) is 0 Å². The van der Waals surface area contributed by atoms with E-state index in [0.717, 1.165) is 23.9 Å². The van der Waals surface area contributed by atoms with Crippen LogP contribution < -0.4 is 10.4 Å². The second-order valence-corrected chi connectivity index (χ2v) is 6.04. The van der Waals surface area contributed by atoms with Gasteiger partial charge in [-0.2, -0.15) is 0 Å². The fourth-order valence-corrected chi connectivity index (χ4v) is 1.52. The van der Waals surface area contributed by atoms with Gasteiger partial charge in [-0.25, -0.2) is 0 Å². The number of aliphatic carboxylic acids is 1. The van der Waals surface area contributed by atoms with Crippen LogP contribution in [0.5, 0.6) is 0 Å². The van der Waals surface area contributed by atoms with Gasteiger partial charge in [0.15, 0.2) is 0 Å². The molecule has 0 heterocycles. The molecule has 0 aliphatic rings. The van der Waals surface area contributed by atoms with Crippen molar-refractivity contribution in [1.29, 1.82) is 0 Å². The largest absolute Gasteiger partial charge is 0.548 e. The standard InChI is InChI=1S/C13H26N2O3/c1-10(2)12(16)14-11(13(17)18)8-6-7-9-15(3,4)5/h10-11H,6-9H2,1-5H3,(H-,14,16,17,18)/t11-/m0/s1. The first-order valence-electron chi connectivity index (χ1n) is 6.45. The number of nitrogens with zero attached hydrogens (tertiary/aromatic N) is 1. The van der Waals surface area contributed by atoms with Crippen LogP contribution in [0.4, 0.5) is 0 Å². The zero-order valence-corrected chi connectivity index (χ0v) is 12.2. The third kappa shape index (κ3) is 8.06. The highest BCUT2D eigenvalue weighted by molar-refractivity contribution is 5.83. The van der Waals surface area contributed by atoms with E-state index in [9.17, 15) is 14.7 Å². The van der Waals surface area contributed by atoms with Gasteiger partial charge in [0.1, 0.15) is 0 Å². The van der Waals surface area contributed by atoms with Gasteiger partial charge >= 0.3 is 0 Å². The molecule has 0 saturated carbocycles. The molecule has 0 aromatic heterocycles. The number of carbonyl (C=O) groups is 2. The molecule has 0 aromatic rings. The summed E-state index contributed by atoms with van der Waals surface area (Å²) in [7, 11) is 6.28. The second kappa shape index (κ2) is 7.36. The van der Waals surface area contributed by atoms with E-state index in [4.69, 9.17) is 0 Å². The zero-order valence-electron chi connectivity index (χ0n) is 12.2. The molecule has 0 saturated heterocycles. The number of carbonyl (C=O) groups excluding carboxylic acids is 2. The van der Waals surface area contributed by atoms with Gasteiger partial charge in [0, 0.05) is 5.92 Å². The molecular formula is C13H26N2O3. The molecule has 1 atom stereocenters. The Labute approximate surface area is 110 Å². The van der Waals surface area contributed by atoms with Crippen LogP contribution in [-0.2, 0) is 9.59 Å². The molecule has 0 aromatic carbocycles. The average Bonchev–Trinajstić information content (AvgIpc) is 2.20. The maximum Gasteiger partial charge on any atom is 0.223 e. The quantitative estimate of drug-likeness (QED) is 0.482. The number of hydrogen-bond acceptors (Lipinski definition) is 3. The van der Waals surface area contributed by atoms with Gasteiger partial charge in [-0.05, 0) is 19.3 Å². The topological polar surface area (TPSA) is 69.2 Å². The minimum atomic E-state index is -1.20. The molecule has 0 aliphatic heterocycles. The Balaban J connectivity index is 4.07. The average molecular weight is 258 g/mol. The molecule has 0 unspecified atom stereocenters. The number of carboxylic acid groups (broad SMARTS) is 1. The van der Waals surface area contributed by atoms with Gasteiger partial charge in [0.2, 0.25) is 5.91 Å². The first-order valence-corrected chi connectivity index (χ1v) is 6.45. The molecule has 0 bridgehead atoms. The lowest BCUT2D eigenvalue weighted by Gasteiger charge is -2.25. The summed E-state index contributed by atoms with van der Waals surface area (Å²) in [5.41, 5.74) is 0. The molecule has 0 fully saturated rings. The fourth-order valence-electron chi connectivity index (χ4n) is 1.52. The Bertz CT molecular complexity index is 282. The highest BCUT2D eigenvalue weighted by Crippen LogP contribution is 2.05. The van der Waals surface area contributed by atoms with Crippen molar-refractivity contribution in [1.82, 2.24) is 5.32 Å². The summed E-state index contributed by atoms with van der Waals surface area (Å²) in [4.78, 5) is 22.4. The molecule has 106 valence electrons. The predicted octanol–water partition coefficient (Wildman–Crippen LogP) is -0.246. The molecule has 0 radical (unpaired) electrons. The van der Waals surface area contributed by atoms with Gasteiger partial charge < -0.3 is 19.7 Å². The third-order valence-electron chi connectivity index (χ3n) is 2.70. The molecule has 0 spiro atoms. The molecule has 1 N–H and O–H groups in total. The molecule has 0 rings (SSSR count). The summed E-state index contributed by atoms with van der Waals surface area (Å²) in [6.07, 6.45) is 2.14. The van der Waals surface area contributed by atoms with Crippen molar-refractivity contribution in [3.63, 3.8) is 0 Å². The van der Waals surface area contributed by atoms with Crippen molar-refractivity contribution in [2.75, 3.05) is 27.7 Å². The summed E-state index contributed by atoms with van der Waals surface area (Å²) in [5.74, 6) is -1.65. The van der Waals surface area contributed by atoms with Crippen LogP contribution in [-0.4, -0.2) is 50.1 Å². The first-order chi connectivity index (χ1) is 8.13. The van der Waals surface area contributed by atoms with Crippen molar-refractivity contribution in [2.24, 2.45) is 5.92 Å². The van der Waals surface area contributed by atoms with Gasteiger partial charge in [-0.15, -0.1) is 0 Å². The molecule has 5 heteroatoms. The van der Waals surface area contributed by atoms with E-state index < -0.39 is 12.0 Å². The molecule has 1 amide bonds. The number of rotatable bonds is 8. The highest BCUT2D eigenvalue weighted by Gasteiger charge is 2.16. The number of quaternary nitrogens is 1. The van der Waals surface area contributed by atoms with Gasteiger partial charge in [0.25, 0.3) is 0 Å². The number of unbranched alkanes of at least 4 members (excludes halogenated alkanes) is 1. The summed E-state index contributed by atoms with van der Waals surface area (Å²) in [6, 6.07) is -0.868. The van der Waals surface area contributed by atoms with E-state index in [0.29, 0.717) is 6.42 Å². The SMILES string of the molecule is CC(C)C(=O)N[C@@H](CCCC[N+](C)(C)C)C(=O)[O-]. The second-order valence-electron chi connectivity index (χ2n) is 6.04. The van der Waals surface area contributed by atoms with Crippen molar-refractivity contribution in [3.05, 3.63) is 0 Å². The highest BCUT2D eigenvalue weighted by atomic mass is 16.4. The van der Waals surface area contributed by atoms with Crippen molar-refractivity contribution >= 4 is 11.9 Å². The van der Waals surface area contributed by atoms with Crippen LogP contribution in [0.1, 0.15) is 33.1 Å². The van der Waals surface area contributed by atoms with Crippen LogP contribution in [0.3, 0.4) is 0 Å². The summed E-state index contributed by atoms with van der Waals surface area (Å²) in [6.45, 7) is 4.45. The molecule has 5 nitrogen and oxygen atoms in total. The van der Waals surface area contributed by atoms with Crippen LogP contribution in [0.15, 0.2) is 0 Å². The molecular weight excluding hydrogens is 232 g/mol. The smallest absolute Gasteiger partial charge is 0.223 e. The van der Waals surface area contributed by atoms with Crippen LogP contribution >= 0.6 is 0 Å². The monoisotopic (exact) mass is 258 g/mol. The molecule has 18 heavy (non-hydrogen) atoms. The van der Waals surface area contributed by atoms with Crippen molar-refractivity contribution in [3.8, 4) is 0 Å². The fraction of sp³-hybridized carbons (Fsp3) is 0.846. The maximum atomic E-state index is 11.4. The predicted molar refractivity (Wildman–Crippen MR) is 68.5 cm³/mol. The summed E-state index contributed by atoms with van der Waals surface area (Å²) < 4.78 is 0.855. The Morgan fingerprint density at radius 2 is 1.72 bits per heavy atom. The summed E-state index contributed by atoms with van der Waals surface area (Å²) >= 11 is 0. The van der Waals surface area contributed by atoms with E-state index in [2.05, 4.69) is 26.5 Å². The Kier molecular flexibility index (Phi) is 6.91. The number of nitrogens with one attached hydrogen (secondary N) is 1. The van der Waals surface area contributed by atoms with Crippen molar-refractivity contribution in [2.45, 2.75) is 39.2 Å². The van der Waals surface area contributed by atoms with E-state index in [-0.39, 0.29) is 11.8 Å². The summed E-state index contributed by atoms with van der Waals surface area (Å²) in [5, 5.41) is 13.4. The van der Waals surface area contributed by atoms with Gasteiger partial charge in [-0.1, -0.05) is 13.8 Å². The van der Waals surface area contributed by atoms with E-state index >= 15 is 0 Å². The lowest BCUT2D eigenvalue weighted by Crippen LogP contribution is -2.49. The minimum absolute atomic E-state index is 0.210. The number of amides is 1. The van der Waals surface area contributed by atoms with Crippen molar-refractivity contribution < 1.29 is 19.2 Å². The Hall–Kier alpha value is -1.10. The maximum absolute atomic E-state index is 11.4. The van der Waals surface area contributed by atoms with E-state index in [1.54, 1.807) is 13.8 Å². The minimum Gasteiger partial charge on any atom is -0.548 e. The third-order valence-corrected chi connectivity index (χ3v) is 2.70. The molecule has 0 aliphatic carbocycles.